The molecule has 0 bridgehead atoms. The molecule has 3 aliphatic rings. The highest BCUT2D eigenvalue weighted by atomic mass is 19.4. The van der Waals surface area contributed by atoms with E-state index < -0.39 is 17.8 Å². The van der Waals surface area contributed by atoms with Crippen molar-refractivity contribution >= 4 is 22.6 Å². The van der Waals surface area contributed by atoms with Gasteiger partial charge >= 0.3 is 6.18 Å². The standard InChI is InChI=1S/C24H20F3N3O3/c25-24(26,27)13-2-5-15-20(11-33-21(15)8-13)30(14-3-4-14)23(31)12-1-6-19-16(7-12)17-9-32-10-18(17)22(28)29-19/h1-2,5-8,14,20H,3-4,9-11H2,(H2,28,29)/t20-/m1/s1. The number of pyridine rings is 1. The number of carbonyl (C=O) groups excluding carboxylic acids is 1. The van der Waals surface area contributed by atoms with Gasteiger partial charge in [-0.3, -0.25) is 4.79 Å². The van der Waals surface area contributed by atoms with Crippen molar-refractivity contribution in [2.75, 3.05) is 12.3 Å². The van der Waals surface area contributed by atoms with E-state index in [4.69, 9.17) is 15.2 Å². The Hall–Kier alpha value is -3.33. The summed E-state index contributed by atoms with van der Waals surface area (Å²) in [5.74, 6) is 0.443. The fraction of sp³-hybridized carbons (Fsp3) is 0.333. The highest BCUT2D eigenvalue weighted by Crippen LogP contribution is 2.44. The van der Waals surface area contributed by atoms with Gasteiger partial charge in [0.05, 0.1) is 30.3 Å². The van der Waals surface area contributed by atoms with Gasteiger partial charge in [-0.15, -0.1) is 0 Å². The predicted octanol–water partition coefficient (Wildman–Crippen LogP) is 4.60. The molecule has 1 fully saturated rings. The van der Waals surface area contributed by atoms with Crippen molar-refractivity contribution in [3.63, 3.8) is 0 Å². The van der Waals surface area contributed by atoms with Crippen molar-refractivity contribution in [1.29, 1.82) is 0 Å². The highest BCUT2D eigenvalue weighted by Gasteiger charge is 2.43. The first-order valence-corrected chi connectivity index (χ1v) is 10.8. The van der Waals surface area contributed by atoms with Crippen molar-refractivity contribution in [3.05, 3.63) is 64.2 Å². The number of nitrogens with zero attached hydrogens (tertiary/aromatic N) is 2. The minimum Gasteiger partial charge on any atom is -0.491 e. The van der Waals surface area contributed by atoms with Gasteiger partial charge in [-0.2, -0.15) is 13.2 Å². The van der Waals surface area contributed by atoms with E-state index in [1.54, 1.807) is 17.0 Å². The third-order valence-electron chi connectivity index (χ3n) is 6.58. The smallest absolute Gasteiger partial charge is 0.416 e. The lowest BCUT2D eigenvalue weighted by Crippen LogP contribution is -2.37. The molecule has 3 aromatic rings. The first-order chi connectivity index (χ1) is 15.8. The van der Waals surface area contributed by atoms with Crippen LogP contribution in [-0.2, 0) is 24.1 Å². The first-order valence-electron chi connectivity index (χ1n) is 10.8. The van der Waals surface area contributed by atoms with Crippen molar-refractivity contribution in [2.45, 2.75) is 44.3 Å². The number of halogens is 3. The van der Waals surface area contributed by atoms with Gasteiger partial charge in [-0.25, -0.2) is 4.98 Å². The Morgan fingerprint density at radius 1 is 1.09 bits per heavy atom. The number of alkyl halides is 3. The Morgan fingerprint density at radius 3 is 2.64 bits per heavy atom. The lowest BCUT2D eigenvalue weighted by Gasteiger charge is -2.28. The van der Waals surface area contributed by atoms with Crippen molar-refractivity contribution in [3.8, 4) is 5.75 Å². The minimum atomic E-state index is -4.45. The molecule has 9 heteroatoms. The van der Waals surface area contributed by atoms with Crippen molar-refractivity contribution in [2.24, 2.45) is 0 Å². The quantitative estimate of drug-likeness (QED) is 0.625. The molecule has 2 N–H and O–H groups in total. The van der Waals surface area contributed by atoms with Gasteiger partial charge in [0.1, 0.15) is 18.2 Å². The largest absolute Gasteiger partial charge is 0.491 e. The summed E-state index contributed by atoms with van der Waals surface area (Å²) >= 11 is 0. The second kappa shape index (κ2) is 7.08. The number of amides is 1. The van der Waals surface area contributed by atoms with Gasteiger partial charge in [0, 0.05) is 28.1 Å². The van der Waals surface area contributed by atoms with Crippen molar-refractivity contribution in [1.82, 2.24) is 9.88 Å². The first kappa shape index (κ1) is 20.3. The Labute approximate surface area is 187 Å². The van der Waals surface area contributed by atoms with Crippen LogP contribution in [0, 0.1) is 0 Å². The number of nitrogens with two attached hydrogens (primary N) is 1. The Balaban J connectivity index is 1.37. The van der Waals surface area contributed by atoms with Gasteiger partial charge in [0.15, 0.2) is 0 Å². The number of fused-ring (bicyclic) bond motifs is 4. The van der Waals surface area contributed by atoms with E-state index in [1.807, 2.05) is 6.07 Å². The number of benzene rings is 2. The van der Waals surface area contributed by atoms with Crippen LogP contribution in [0.25, 0.3) is 10.9 Å². The van der Waals surface area contributed by atoms with Crippen LogP contribution < -0.4 is 10.5 Å². The number of hydrogen-bond acceptors (Lipinski definition) is 5. The fourth-order valence-corrected chi connectivity index (χ4v) is 4.77. The maximum atomic E-state index is 13.7. The summed E-state index contributed by atoms with van der Waals surface area (Å²) in [5, 5.41) is 0.830. The molecule has 2 aromatic carbocycles. The topological polar surface area (TPSA) is 77.7 Å². The van der Waals surface area contributed by atoms with Gasteiger partial charge in [-0.1, -0.05) is 6.07 Å². The highest BCUT2D eigenvalue weighted by molar-refractivity contribution is 5.99. The molecule has 33 heavy (non-hydrogen) atoms. The van der Waals surface area contributed by atoms with Gasteiger partial charge in [-0.05, 0) is 48.7 Å². The third kappa shape index (κ3) is 3.30. The van der Waals surface area contributed by atoms with Crippen LogP contribution in [-0.4, -0.2) is 28.4 Å². The SMILES string of the molecule is Nc1nc2ccc(C(=O)N(C3CC3)[C@@H]3COc4cc(C(F)(F)F)ccc43)cc2c2c1COC2. The zero-order valence-electron chi connectivity index (χ0n) is 17.5. The summed E-state index contributed by atoms with van der Waals surface area (Å²) in [6, 6.07) is 8.40. The van der Waals surface area contributed by atoms with Gasteiger partial charge in [0.25, 0.3) is 5.91 Å². The normalized spacial score (nSPS) is 19.3. The molecule has 3 heterocycles. The maximum Gasteiger partial charge on any atom is 0.416 e. The van der Waals surface area contributed by atoms with E-state index in [9.17, 15) is 18.0 Å². The molecule has 1 amide bonds. The zero-order chi connectivity index (χ0) is 22.9. The molecule has 170 valence electrons. The molecule has 0 radical (unpaired) electrons. The number of anilines is 1. The number of aromatic nitrogens is 1. The summed E-state index contributed by atoms with van der Waals surface area (Å²) in [7, 11) is 0. The van der Waals surface area contributed by atoms with Crippen LogP contribution in [0.1, 0.15) is 51.5 Å². The van der Waals surface area contributed by atoms with E-state index in [0.29, 0.717) is 35.7 Å². The molecule has 1 aromatic heterocycles. The van der Waals surface area contributed by atoms with Crippen LogP contribution in [0.5, 0.6) is 5.75 Å². The van der Waals surface area contributed by atoms with E-state index in [0.717, 1.165) is 41.5 Å². The van der Waals surface area contributed by atoms with E-state index >= 15 is 0 Å². The number of ether oxygens (including phenoxy) is 2. The zero-order valence-corrected chi connectivity index (χ0v) is 17.5. The number of hydrogen-bond donors (Lipinski definition) is 1. The Morgan fingerprint density at radius 2 is 1.88 bits per heavy atom. The van der Waals surface area contributed by atoms with Crippen LogP contribution in [0.2, 0.25) is 0 Å². The molecule has 0 saturated heterocycles. The maximum absolute atomic E-state index is 13.7. The fourth-order valence-electron chi connectivity index (χ4n) is 4.77. The Kier molecular flexibility index (Phi) is 4.35. The molecule has 1 aliphatic carbocycles. The monoisotopic (exact) mass is 455 g/mol. The van der Waals surface area contributed by atoms with Gasteiger partial charge < -0.3 is 20.1 Å². The van der Waals surface area contributed by atoms with Crippen LogP contribution in [0.15, 0.2) is 36.4 Å². The second-order valence-corrected chi connectivity index (χ2v) is 8.70. The lowest BCUT2D eigenvalue weighted by molar-refractivity contribution is -0.137. The summed E-state index contributed by atoms with van der Waals surface area (Å²) in [6.07, 6.45) is -2.74. The predicted molar refractivity (Wildman–Crippen MR) is 114 cm³/mol. The number of nitrogen functional groups attached to an aromatic ring is 1. The molecule has 0 unspecified atom stereocenters. The van der Waals surface area contributed by atoms with E-state index in [1.165, 1.54) is 6.07 Å². The number of rotatable bonds is 3. The molecular weight excluding hydrogens is 435 g/mol. The van der Waals surface area contributed by atoms with Crippen molar-refractivity contribution < 1.29 is 27.4 Å². The lowest BCUT2D eigenvalue weighted by atomic mass is 10.0. The summed E-state index contributed by atoms with van der Waals surface area (Å²) < 4.78 is 50.5. The molecule has 2 aliphatic heterocycles. The number of carbonyl (C=O) groups is 1. The molecule has 6 rings (SSSR count). The summed E-state index contributed by atoms with van der Waals surface area (Å²) in [4.78, 5) is 19.9. The van der Waals surface area contributed by atoms with Crippen LogP contribution in [0.3, 0.4) is 0 Å². The van der Waals surface area contributed by atoms with Gasteiger partial charge in [0.2, 0.25) is 0 Å². The third-order valence-corrected chi connectivity index (χ3v) is 6.58. The molecule has 0 spiro atoms. The summed E-state index contributed by atoms with van der Waals surface area (Å²) in [6.45, 7) is 0.939. The molecule has 1 saturated carbocycles. The van der Waals surface area contributed by atoms with Crippen LogP contribution >= 0.6 is 0 Å². The van der Waals surface area contributed by atoms with Crippen LogP contribution in [0.4, 0.5) is 19.0 Å². The van der Waals surface area contributed by atoms with E-state index in [-0.39, 0.29) is 24.3 Å². The molecule has 6 nitrogen and oxygen atoms in total. The molecule has 1 atom stereocenters. The average molecular weight is 455 g/mol. The van der Waals surface area contributed by atoms with E-state index in [2.05, 4.69) is 4.98 Å². The second-order valence-electron chi connectivity index (χ2n) is 8.70. The Bertz CT molecular complexity index is 1300. The summed E-state index contributed by atoms with van der Waals surface area (Å²) in [5.41, 5.74) is 8.88. The molecular formula is C24H20F3N3O3. The minimum absolute atomic E-state index is 0.0358. The average Bonchev–Trinajstić information content (AvgIpc) is 3.32.